The van der Waals surface area contributed by atoms with Crippen molar-refractivity contribution in [1.82, 2.24) is 4.98 Å². The Morgan fingerprint density at radius 2 is 2.11 bits per heavy atom. The fraction of sp³-hybridized carbons (Fsp3) is 0.143. The van der Waals surface area contributed by atoms with E-state index < -0.39 is 0 Å². The average Bonchev–Trinajstić information content (AvgIpc) is 1.91. The molecule has 0 atom stereocenters. The molecule has 2 heteroatoms. The minimum atomic E-state index is 0.489. The summed E-state index contributed by atoms with van der Waals surface area (Å²) in [6, 6.07) is 3.66. The number of aromatic nitrogens is 1. The molecular weight excluding hydrogens is 114 g/mol. The molecule has 0 fully saturated rings. The minimum absolute atomic E-state index is 0.489. The average molecular weight is 121 g/mol. The van der Waals surface area contributed by atoms with E-state index in [2.05, 4.69) is 4.98 Å². The molecule has 0 aliphatic carbocycles. The number of rotatable bonds is 2. The van der Waals surface area contributed by atoms with Gasteiger partial charge in [-0.25, -0.2) is 0 Å². The zero-order valence-corrected chi connectivity index (χ0v) is 4.95. The normalized spacial score (nSPS) is 8.89. The molecule has 0 aliphatic heterocycles. The van der Waals surface area contributed by atoms with Crippen molar-refractivity contribution in [3.63, 3.8) is 0 Å². The summed E-state index contributed by atoms with van der Waals surface area (Å²) in [6.45, 7) is 0. The Bertz CT molecular complexity index is 183. The second kappa shape index (κ2) is 2.97. The van der Waals surface area contributed by atoms with Crippen molar-refractivity contribution >= 4 is 6.29 Å². The Kier molecular flexibility index (Phi) is 1.96. The van der Waals surface area contributed by atoms with Gasteiger partial charge in [-0.3, -0.25) is 4.98 Å². The number of carbonyl (C=O) groups excluding carboxylic acids is 1. The number of hydrogen-bond acceptors (Lipinski definition) is 2. The van der Waals surface area contributed by atoms with Crippen LogP contribution in [0.2, 0.25) is 0 Å². The Labute approximate surface area is 53.5 Å². The van der Waals surface area contributed by atoms with Crippen LogP contribution in [-0.2, 0) is 11.2 Å². The van der Waals surface area contributed by atoms with Crippen LogP contribution in [0.25, 0.3) is 0 Å². The first kappa shape index (κ1) is 5.95. The van der Waals surface area contributed by atoms with Gasteiger partial charge in [-0.05, 0) is 17.7 Å². The van der Waals surface area contributed by atoms with E-state index in [1.54, 1.807) is 12.4 Å². The van der Waals surface area contributed by atoms with Gasteiger partial charge in [-0.15, -0.1) is 0 Å². The van der Waals surface area contributed by atoms with Gasteiger partial charge in [0.2, 0.25) is 0 Å². The SMILES string of the molecule is O=CCc1ccncc1. The first-order valence-electron chi connectivity index (χ1n) is 2.76. The monoisotopic (exact) mass is 121 g/mol. The maximum atomic E-state index is 9.95. The Balaban J connectivity index is 2.72. The predicted octanol–water partition coefficient (Wildman–Crippen LogP) is 0.823. The molecule has 0 unspecified atom stereocenters. The van der Waals surface area contributed by atoms with Crippen molar-refractivity contribution in [2.24, 2.45) is 0 Å². The Hall–Kier alpha value is -1.18. The summed E-state index contributed by atoms with van der Waals surface area (Å²) < 4.78 is 0. The van der Waals surface area contributed by atoms with Crippen LogP contribution >= 0.6 is 0 Å². The van der Waals surface area contributed by atoms with Crippen LogP contribution in [0.5, 0.6) is 0 Å². The van der Waals surface area contributed by atoms with E-state index in [4.69, 9.17) is 0 Å². The predicted molar refractivity (Wildman–Crippen MR) is 34.0 cm³/mol. The summed E-state index contributed by atoms with van der Waals surface area (Å²) in [7, 11) is 0. The van der Waals surface area contributed by atoms with Gasteiger partial charge in [0.15, 0.2) is 0 Å². The highest BCUT2D eigenvalue weighted by molar-refractivity contribution is 5.54. The molecule has 0 amide bonds. The first-order valence-corrected chi connectivity index (χ1v) is 2.76. The van der Waals surface area contributed by atoms with Crippen LogP contribution in [0, 0.1) is 0 Å². The summed E-state index contributed by atoms with van der Waals surface area (Å²) in [5, 5.41) is 0. The van der Waals surface area contributed by atoms with Crippen molar-refractivity contribution in [1.29, 1.82) is 0 Å². The lowest BCUT2D eigenvalue weighted by Gasteiger charge is -1.88. The number of carbonyl (C=O) groups is 1. The molecule has 9 heavy (non-hydrogen) atoms. The molecule has 1 heterocycles. The molecule has 0 saturated heterocycles. The maximum Gasteiger partial charge on any atom is 0.124 e. The number of aldehydes is 1. The van der Waals surface area contributed by atoms with Gasteiger partial charge >= 0.3 is 0 Å². The molecule has 46 valence electrons. The zero-order valence-electron chi connectivity index (χ0n) is 4.95. The molecule has 0 spiro atoms. The second-order valence-electron chi connectivity index (χ2n) is 1.73. The van der Waals surface area contributed by atoms with Gasteiger partial charge in [0.25, 0.3) is 0 Å². The number of pyridine rings is 1. The molecule has 1 aromatic rings. The highest BCUT2D eigenvalue weighted by Crippen LogP contribution is 1.93. The first-order chi connectivity index (χ1) is 4.43. The van der Waals surface area contributed by atoms with Crippen LogP contribution < -0.4 is 0 Å². The van der Waals surface area contributed by atoms with Gasteiger partial charge in [-0.2, -0.15) is 0 Å². The molecule has 0 N–H and O–H groups in total. The number of hydrogen-bond donors (Lipinski definition) is 0. The lowest BCUT2D eigenvalue weighted by atomic mass is 10.2. The number of nitrogens with zero attached hydrogens (tertiary/aromatic N) is 1. The van der Waals surface area contributed by atoms with Crippen LogP contribution in [0.3, 0.4) is 0 Å². The van der Waals surface area contributed by atoms with Crippen molar-refractivity contribution in [2.75, 3.05) is 0 Å². The lowest BCUT2D eigenvalue weighted by Crippen LogP contribution is -1.83. The Morgan fingerprint density at radius 1 is 1.44 bits per heavy atom. The van der Waals surface area contributed by atoms with E-state index in [1.807, 2.05) is 12.1 Å². The molecule has 0 aliphatic rings. The topological polar surface area (TPSA) is 30.0 Å². The molecule has 0 aromatic carbocycles. The van der Waals surface area contributed by atoms with E-state index in [1.165, 1.54) is 0 Å². The third-order valence-electron chi connectivity index (χ3n) is 1.07. The van der Waals surface area contributed by atoms with Crippen LogP contribution in [0.1, 0.15) is 5.56 Å². The molecular formula is C7H7NO. The van der Waals surface area contributed by atoms with E-state index in [-0.39, 0.29) is 0 Å². The van der Waals surface area contributed by atoms with E-state index in [9.17, 15) is 4.79 Å². The quantitative estimate of drug-likeness (QED) is 0.542. The standard InChI is InChI=1S/C7H7NO/c9-6-3-7-1-4-8-5-2-7/h1-2,4-6H,3H2. The summed E-state index contributed by atoms with van der Waals surface area (Å²) in [6.07, 6.45) is 4.73. The summed E-state index contributed by atoms with van der Waals surface area (Å²) >= 11 is 0. The maximum absolute atomic E-state index is 9.95. The zero-order chi connectivity index (χ0) is 6.53. The summed E-state index contributed by atoms with van der Waals surface area (Å²) in [5.41, 5.74) is 1.01. The van der Waals surface area contributed by atoms with Crippen molar-refractivity contribution in [3.8, 4) is 0 Å². The van der Waals surface area contributed by atoms with Crippen LogP contribution in [0.15, 0.2) is 24.5 Å². The van der Waals surface area contributed by atoms with Crippen molar-refractivity contribution in [3.05, 3.63) is 30.1 Å². The van der Waals surface area contributed by atoms with Crippen LogP contribution in [0.4, 0.5) is 0 Å². The molecule has 0 radical (unpaired) electrons. The van der Waals surface area contributed by atoms with E-state index in [0.29, 0.717) is 6.42 Å². The fourth-order valence-electron chi connectivity index (χ4n) is 0.615. The van der Waals surface area contributed by atoms with E-state index in [0.717, 1.165) is 11.8 Å². The van der Waals surface area contributed by atoms with Gasteiger partial charge in [-0.1, -0.05) is 0 Å². The molecule has 0 bridgehead atoms. The summed E-state index contributed by atoms with van der Waals surface area (Å²) in [4.78, 5) is 13.8. The third-order valence-corrected chi connectivity index (χ3v) is 1.07. The van der Waals surface area contributed by atoms with Crippen molar-refractivity contribution in [2.45, 2.75) is 6.42 Å². The molecule has 2 nitrogen and oxygen atoms in total. The van der Waals surface area contributed by atoms with Crippen molar-refractivity contribution < 1.29 is 4.79 Å². The smallest absolute Gasteiger partial charge is 0.124 e. The molecule has 1 rings (SSSR count). The fourth-order valence-corrected chi connectivity index (χ4v) is 0.615. The third kappa shape index (κ3) is 1.64. The second-order valence-corrected chi connectivity index (χ2v) is 1.73. The molecule has 0 saturated carbocycles. The highest BCUT2D eigenvalue weighted by atomic mass is 16.1. The van der Waals surface area contributed by atoms with Gasteiger partial charge in [0, 0.05) is 18.8 Å². The summed E-state index contributed by atoms with van der Waals surface area (Å²) in [5.74, 6) is 0. The largest absolute Gasteiger partial charge is 0.303 e. The molecule has 1 aromatic heterocycles. The van der Waals surface area contributed by atoms with Gasteiger partial charge < -0.3 is 4.79 Å². The van der Waals surface area contributed by atoms with E-state index >= 15 is 0 Å². The van der Waals surface area contributed by atoms with Crippen LogP contribution in [-0.4, -0.2) is 11.3 Å². The highest BCUT2D eigenvalue weighted by Gasteiger charge is 1.85. The van der Waals surface area contributed by atoms with Gasteiger partial charge in [0.05, 0.1) is 0 Å². The lowest BCUT2D eigenvalue weighted by molar-refractivity contribution is -0.107. The minimum Gasteiger partial charge on any atom is -0.303 e. The van der Waals surface area contributed by atoms with Gasteiger partial charge in [0.1, 0.15) is 6.29 Å². The Morgan fingerprint density at radius 3 is 2.67 bits per heavy atom.